The van der Waals surface area contributed by atoms with Gasteiger partial charge >= 0.3 is 5.97 Å². The molecule has 0 heterocycles. The summed E-state index contributed by atoms with van der Waals surface area (Å²) >= 11 is 0. The zero-order valence-corrected chi connectivity index (χ0v) is 17.0. The topological polar surface area (TPSA) is 92.4 Å². The van der Waals surface area contributed by atoms with Crippen LogP contribution in [0.15, 0.2) is 42.5 Å². The number of carbonyl (C=O) groups is 2. The number of rotatable bonds is 8. The van der Waals surface area contributed by atoms with E-state index >= 15 is 0 Å². The first-order chi connectivity index (χ1) is 14.0. The first-order valence-corrected chi connectivity index (χ1v) is 10.4. The van der Waals surface area contributed by atoms with Crippen molar-refractivity contribution in [2.24, 2.45) is 11.7 Å². The number of nitrogens with two attached hydrogens (primary N) is 1. The Bertz CT molecular complexity index is 855. The van der Waals surface area contributed by atoms with Crippen LogP contribution in [0.1, 0.15) is 60.3 Å². The van der Waals surface area contributed by atoms with Crippen LogP contribution in [0.3, 0.4) is 0 Å². The van der Waals surface area contributed by atoms with Gasteiger partial charge in [0.15, 0.2) is 0 Å². The molecule has 1 aliphatic rings. The van der Waals surface area contributed by atoms with Crippen LogP contribution in [-0.2, 0) is 22.6 Å². The highest BCUT2D eigenvalue weighted by molar-refractivity contribution is 5.96. The lowest BCUT2D eigenvalue weighted by Crippen LogP contribution is -2.27. The minimum atomic E-state index is -0.818. The summed E-state index contributed by atoms with van der Waals surface area (Å²) < 4.78 is 0. The number of amides is 1. The van der Waals surface area contributed by atoms with Gasteiger partial charge in [-0.15, -0.1) is 0 Å². The van der Waals surface area contributed by atoms with Gasteiger partial charge in [0.05, 0.1) is 5.92 Å². The quantitative estimate of drug-likeness (QED) is 0.619. The van der Waals surface area contributed by atoms with Crippen LogP contribution in [-0.4, -0.2) is 17.0 Å². The third-order valence-corrected chi connectivity index (χ3v) is 6.04. The SMILES string of the molecule is Cc1c(CCC(=O)O)cccc1NC(=O)C(c1ccc(CN)cc1)C1CCCC1. The number of aryl methyl sites for hydroxylation is 1. The lowest BCUT2D eigenvalue weighted by molar-refractivity contribution is -0.137. The van der Waals surface area contributed by atoms with E-state index in [9.17, 15) is 9.59 Å². The maximum atomic E-state index is 13.4. The van der Waals surface area contributed by atoms with Crippen LogP contribution in [0.25, 0.3) is 0 Å². The lowest BCUT2D eigenvalue weighted by atomic mass is 9.83. The van der Waals surface area contributed by atoms with Gasteiger partial charge in [-0.3, -0.25) is 9.59 Å². The Morgan fingerprint density at radius 1 is 1.14 bits per heavy atom. The molecule has 4 N–H and O–H groups in total. The second-order valence-electron chi connectivity index (χ2n) is 7.94. The molecule has 0 aliphatic heterocycles. The molecule has 29 heavy (non-hydrogen) atoms. The van der Waals surface area contributed by atoms with Crippen molar-refractivity contribution in [3.05, 3.63) is 64.7 Å². The van der Waals surface area contributed by atoms with E-state index in [0.717, 1.165) is 40.8 Å². The van der Waals surface area contributed by atoms with Crippen LogP contribution in [0.2, 0.25) is 0 Å². The molecule has 0 radical (unpaired) electrons. The summed E-state index contributed by atoms with van der Waals surface area (Å²) in [5, 5.41) is 12.1. The molecule has 0 saturated heterocycles. The average Bonchev–Trinajstić information content (AvgIpc) is 3.23. The fourth-order valence-electron chi connectivity index (χ4n) is 4.33. The third kappa shape index (κ3) is 5.24. The summed E-state index contributed by atoms with van der Waals surface area (Å²) in [7, 11) is 0. The summed E-state index contributed by atoms with van der Waals surface area (Å²) in [5.74, 6) is -0.655. The molecule has 1 saturated carbocycles. The Labute approximate surface area is 172 Å². The molecule has 2 aromatic carbocycles. The molecule has 0 bridgehead atoms. The lowest BCUT2D eigenvalue weighted by Gasteiger charge is -2.24. The molecule has 0 aromatic heterocycles. The van der Waals surface area contributed by atoms with Gasteiger partial charge in [0.1, 0.15) is 0 Å². The number of carbonyl (C=O) groups excluding carboxylic acids is 1. The van der Waals surface area contributed by atoms with E-state index in [0.29, 0.717) is 18.9 Å². The molecule has 5 heteroatoms. The fraction of sp³-hybridized carbons (Fsp3) is 0.417. The van der Waals surface area contributed by atoms with Gasteiger partial charge in [0.25, 0.3) is 0 Å². The number of hydrogen-bond acceptors (Lipinski definition) is 3. The molecule has 2 aromatic rings. The van der Waals surface area contributed by atoms with Gasteiger partial charge < -0.3 is 16.2 Å². The number of aliphatic carboxylic acids is 1. The first-order valence-electron chi connectivity index (χ1n) is 10.4. The minimum absolute atomic E-state index is 0.0101. The van der Waals surface area contributed by atoms with Crippen molar-refractivity contribution in [3.8, 4) is 0 Å². The molecule has 1 aliphatic carbocycles. The highest BCUT2D eigenvalue weighted by Crippen LogP contribution is 2.38. The van der Waals surface area contributed by atoms with Gasteiger partial charge in [-0.2, -0.15) is 0 Å². The van der Waals surface area contributed by atoms with E-state index in [1.807, 2.05) is 49.4 Å². The highest BCUT2D eigenvalue weighted by Gasteiger charge is 2.32. The minimum Gasteiger partial charge on any atom is -0.481 e. The molecule has 0 spiro atoms. The smallest absolute Gasteiger partial charge is 0.303 e. The Balaban J connectivity index is 1.83. The van der Waals surface area contributed by atoms with Crippen molar-refractivity contribution in [2.45, 2.75) is 57.9 Å². The zero-order valence-electron chi connectivity index (χ0n) is 17.0. The van der Waals surface area contributed by atoms with Crippen LogP contribution >= 0.6 is 0 Å². The maximum absolute atomic E-state index is 13.4. The summed E-state index contributed by atoms with van der Waals surface area (Å²) in [6.07, 6.45) is 4.99. The number of hydrogen-bond donors (Lipinski definition) is 3. The van der Waals surface area contributed by atoms with E-state index in [1.165, 1.54) is 12.8 Å². The summed E-state index contributed by atoms with van der Waals surface area (Å²) in [6, 6.07) is 13.8. The number of nitrogens with one attached hydrogen (secondary N) is 1. The van der Waals surface area contributed by atoms with Crippen molar-refractivity contribution in [1.82, 2.24) is 0 Å². The average molecular weight is 395 g/mol. The third-order valence-electron chi connectivity index (χ3n) is 6.04. The van der Waals surface area contributed by atoms with Gasteiger partial charge in [-0.1, -0.05) is 49.2 Å². The van der Waals surface area contributed by atoms with Gasteiger partial charge in [-0.05, 0) is 60.4 Å². The number of carboxylic acids is 1. The molecule has 1 amide bonds. The van der Waals surface area contributed by atoms with Crippen molar-refractivity contribution in [2.75, 3.05) is 5.32 Å². The van der Waals surface area contributed by atoms with E-state index in [1.54, 1.807) is 0 Å². The van der Waals surface area contributed by atoms with Gasteiger partial charge in [0.2, 0.25) is 5.91 Å². The van der Waals surface area contributed by atoms with E-state index in [-0.39, 0.29) is 18.2 Å². The van der Waals surface area contributed by atoms with E-state index in [4.69, 9.17) is 10.8 Å². The molecular formula is C24H30N2O3. The number of carboxylic acid groups (broad SMARTS) is 1. The predicted octanol–water partition coefficient (Wildman–Crippen LogP) is 4.38. The highest BCUT2D eigenvalue weighted by atomic mass is 16.4. The summed E-state index contributed by atoms with van der Waals surface area (Å²) in [6.45, 7) is 2.43. The Kier molecular flexibility index (Phi) is 7.04. The molecule has 5 nitrogen and oxygen atoms in total. The molecule has 1 unspecified atom stereocenters. The molecule has 1 atom stereocenters. The van der Waals surface area contributed by atoms with Crippen molar-refractivity contribution in [1.29, 1.82) is 0 Å². The molecule has 154 valence electrons. The maximum Gasteiger partial charge on any atom is 0.303 e. The Hall–Kier alpha value is -2.66. The van der Waals surface area contributed by atoms with Gasteiger partial charge in [0, 0.05) is 18.7 Å². The van der Waals surface area contributed by atoms with Crippen LogP contribution in [0.4, 0.5) is 5.69 Å². The van der Waals surface area contributed by atoms with Gasteiger partial charge in [-0.25, -0.2) is 0 Å². The predicted molar refractivity (Wildman–Crippen MR) is 115 cm³/mol. The van der Waals surface area contributed by atoms with Crippen molar-refractivity contribution < 1.29 is 14.7 Å². The summed E-state index contributed by atoms with van der Waals surface area (Å²) in [5.41, 5.74) is 10.5. The molecular weight excluding hydrogens is 364 g/mol. The van der Waals surface area contributed by atoms with Crippen LogP contribution in [0, 0.1) is 12.8 Å². The summed E-state index contributed by atoms with van der Waals surface area (Å²) in [4.78, 5) is 24.3. The second kappa shape index (κ2) is 9.70. The normalized spacial score (nSPS) is 15.2. The van der Waals surface area contributed by atoms with Crippen molar-refractivity contribution >= 4 is 17.6 Å². The molecule has 3 rings (SSSR count). The fourth-order valence-corrected chi connectivity index (χ4v) is 4.33. The second-order valence-corrected chi connectivity index (χ2v) is 7.94. The Morgan fingerprint density at radius 2 is 1.83 bits per heavy atom. The van der Waals surface area contributed by atoms with Crippen LogP contribution < -0.4 is 11.1 Å². The monoisotopic (exact) mass is 394 g/mol. The van der Waals surface area contributed by atoms with E-state index in [2.05, 4.69) is 5.32 Å². The Morgan fingerprint density at radius 3 is 2.45 bits per heavy atom. The molecule has 1 fully saturated rings. The zero-order chi connectivity index (χ0) is 20.8. The van der Waals surface area contributed by atoms with E-state index < -0.39 is 5.97 Å². The van der Waals surface area contributed by atoms with Crippen LogP contribution in [0.5, 0.6) is 0 Å². The largest absolute Gasteiger partial charge is 0.481 e. The first kappa shape index (κ1) is 21.1. The standard InChI is InChI=1S/C24H30N2O3/c1-16-18(13-14-22(27)28)7-4-8-21(16)26-24(29)23(19-5-2-3-6-19)20-11-9-17(15-25)10-12-20/h4,7-12,19,23H,2-3,5-6,13-15,25H2,1H3,(H,26,29)(H,27,28). The number of benzene rings is 2. The number of anilines is 1. The van der Waals surface area contributed by atoms with Crippen molar-refractivity contribution in [3.63, 3.8) is 0 Å².